The predicted molar refractivity (Wildman–Crippen MR) is 135 cm³/mol. The molecule has 2 aliphatic heterocycles. The molecule has 1 aromatic carbocycles. The number of ether oxygens (including phenoxy) is 2. The second-order valence-electron chi connectivity index (χ2n) is 12.5. The van der Waals surface area contributed by atoms with Crippen LogP contribution in [0.25, 0.3) is 0 Å². The lowest BCUT2D eigenvalue weighted by Gasteiger charge is -2.54. The van der Waals surface area contributed by atoms with Gasteiger partial charge in [0.1, 0.15) is 12.2 Å². The van der Waals surface area contributed by atoms with Crippen LogP contribution in [0.4, 0.5) is 0 Å². The predicted octanol–water partition coefficient (Wildman–Crippen LogP) is 5.30. The molecule has 2 aliphatic rings. The Morgan fingerprint density at radius 3 is 1.35 bits per heavy atom. The number of piperidine rings is 2. The Labute approximate surface area is 206 Å². The molecule has 6 heteroatoms. The summed E-state index contributed by atoms with van der Waals surface area (Å²) in [5.74, 6) is -0.945. The molecule has 0 bridgehead atoms. The van der Waals surface area contributed by atoms with Crippen molar-refractivity contribution in [1.29, 1.82) is 0 Å². The van der Waals surface area contributed by atoms with Crippen LogP contribution in [0.15, 0.2) is 24.3 Å². The average molecular weight is 473 g/mol. The minimum Gasteiger partial charge on any atom is -0.457 e. The zero-order chi connectivity index (χ0) is 25.7. The smallest absolute Gasteiger partial charge is 0.339 e. The first-order chi connectivity index (χ1) is 15.5. The lowest BCUT2D eigenvalue weighted by molar-refractivity contribution is -0.0987. The summed E-state index contributed by atoms with van der Waals surface area (Å²) in [6.45, 7) is 17.3. The number of likely N-dealkylation sites (N-methyl/N-ethyl adjacent to an activating group) is 2. The molecule has 0 amide bonds. The highest BCUT2D eigenvalue weighted by Crippen LogP contribution is 2.40. The number of hydrogen-bond donors (Lipinski definition) is 0. The molecule has 0 N–H and O–H groups in total. The van der Waals surface area contributed by atoms with Crippen LogP contribution in [0.5, 0.6) is 0 Å². The molecule has 2 heterocycles. The lowest BCUT2D eigenvalue weighted by Crippen LogP contribution is -2.63. The van der Waals surface area contributed by atoms with E-state index >= 15 is 0 Å². The molecule has 0 radical (unpaired) electrons. The number of hydrogen-bond acceptors (Lipinski definition) is 6. The summed E-state index contributed by atoms with van der Waals surface area (Å²) in [4.78, 5) is 31.2. The Balaban J connectivity index is 1.78. The fourth-order valence-corrected chi connectivity index (χ4v) is 5.63. The van der Waals surface area contributed by atoms with Gasteiger partial charge in [0.25, 0.3) is 0 Å². The molecule has 2 atom stereocenters. The van der Waals surface area contributed by atoms with E-state index in [-0.39, 0.29) is 45.5 Å². The molecule has 0 aliphatic carbocycles. The van der Waals surface area contributed by atoms with Gasteiger partial charge in [0, 0.05) is 11.1 Å². The van der Waals surface area contributed by atoms with Crippen molar-refractivity contribution in [1.82, 2.24) is 9.80 Å². The van der Waals surface area contributed by atoms with Crippen molar-refractivity contribution in [3.8, 4) is 0 Å². The Hall–Kier alpha value is -1.92. The normalized spacial score (nSPS) is 28.2. The molecule has 2 fully saturated rings. The fourth-order valence-electron chi connectivity index (χ4n) is 5.63. The number of rotatable bonds is 4. The van der Waals surface area contributed by atoms with Gasteiger partial charge in [0.05, 0.1) is 22.2 Å². The van der Waals surface area contributed by atoms with E-state index in [1.165, 1.54) is 0 Å². The SMILES string of the molecule is CN1C(C)(C)CCC(OC(=O)c2ccccc2C(=O)OC2CCC(C)(C)N(C)C2(C)C)C1(C)C. The van der Waals surface area contributed by atoms with Crippen LogP contribution >= 0.6 is 0 Å². The molecule has 2 saturated heterocycles. The summed E-state index contributed by atoms with van der Waals surface area (Å²) in [6.07, 6.45) is 2.87. The Morgan fingerprint density at radius 2 is 1.03 bits per heavy atom. The van der Waals surface area contributed by atoms with Crippen molar-refractivity contribution >= 4 is 11.9 Å². The molecule has 6 nitrogen and oxygen atoms in total. The van der Waals surface area contributed by atoms with Crippen molar-refractivity contribution < 1.29 is 19.1 Å². The molecule has 34 heavy (non-hydrogen) atoms. The zero-order valence-electron chi connectivity index (χ0n) is 22.8. The summed E-state index contributed by atoms with van der Waals surface area (Å²) in [5, 5.41) is 0. The van der Waals surface area contributed by atoms with Gasteiger partial charge in [0.15, 0.2) is 0 Å². The van der Waals surface area contributed by atoms with E-state index in [1.807, 2.05) is 0 Å². The highest BCUT2D eigenvalue weighted by Gasteiger charge is 2.48. The van der Waals surface area contributed by atoms with Gasteiger partial charge in [-0.05, 0) is 107 Å². The minimum absolute atomic E-state index is 0.0304. The number of carbonyl (C=O) groups is 2. The molecular weight excluding hydrogens is 428 g/mol. The third-order valence-electron chi connectivity index (χ3n) is 9.02. The maximum Gasteiger partial charge on any atom is 0.339 e. The van der Waals surface area contributed by atoms with Gasteiger partial charge in [-0.2, -0.15) is 0 Å². The summed E-state index contributed by atoms with van der Waals surface area (Å²) < 4.78 is 12.1. The molecule has 1 aromatic rings. The van der Waals surface area contributed by atoms with Gasteiger partial charge < -0.3 is 9.47 Å². The first-order valence-corrected chi connectivity index (χ1v) is 12.5. The van der Waals surface area contributed by atoms with Crippen molar-refractivity contribution in [3.05, 3.63) is 35.4 Å². The van der Waals surface area contributed by atoms with Gasteiger partial charge in [-0.3, -0.25) is 9.80 Å². The van der Waals surface area contributed by atoms with Crippen LogP contribution in [0.2, 0.25) is 0 Å². The van der Waals surface area contributed by atoms with Gasteiger partial charge in [-0.25, -0.2) is 9.59 Å². The van der Waals surface area contributed by atoms with E-state index in [9.17, 15) is 9.59 Å². The van der Waals surface area contributed by atoms with Crippen LogP contribution < -0.4 is 0 Å². The Morgan fingerprint density at radius 1 is 0.706 bits per heavy atom. The monoisotopic (exact) mass is 472 g/mol. The van der Waals surface area contributed by atoms with Crippen molar-refractivity contribution in [2.45, 2.75) is 115 Å². The standard InChI is InChI=1S/C28H44N2O4/c1-25(2)17-15-21(27(5,6)29(25)9)33-23(31)19-13-11-12-14-20(19)24(32)34-22-16-18-26(3,4)30(10)28(22,7)8/h11-14,21-22H,15-18H2,1-10H3. The van der Waals surface area contributed by atoms with Gasteiger partial charge in [-0.15, -0.1) is 0 Å². The van der Waals surface area contributed by atoms with Crippen molar-refractivity contribution in [2.24, 2.45) is 0 Å². The Kier molecular flexibility index (Phi) is 7.02. The number of esters is 2. The summed E-state index contributed by atoms with van der Waals surface area (Å²) in [5.41, 5.74) is -0.0610. The molecule has 2 unspecified atom stereocenters. The van der Waals surface area contributed by atoms with E-state index in [4.69, 9.17) is 9.47 Å². The van der Waals surface area contributed by atoms with Crippen LogP contribution in [0, 0.1) is 0 Å². The topological polar surface area (TPSA) is 59.1 Å². The van der Waals surface area contributed by atoms with Gasteiger partial charge >= 0.3 is 11.9 Å². The number of nitrogens with zero attached hydrogens (tertiary/aromatic N) is 2. The quantitative estimate of drug-likeness (QED) is 0.554. The third-order valence-corrected chi connectivity index (χ3v) is 9.02. The first kappa shape index (κ1) is 26.7. The largest absolute Gasteiger partial charge is 0.457 e. The maximum absolute atomic E-state index is 13.3. The summed E-state index contributed by atoms with van der Waals surface area (Å²) in [6, 6.07) is 6.83. The third kappa shape index (κ3) is 4.76. The van der Waals surface area contributed by atoms with Crippen LogP contribution in [-0.4, -0.2) is 70.2 Å². The minimum atomic E-state index is -0.472. The molecule has 3 rings (SSSR count). The summed E-state index contributed by atoms with van der Waals surface area (Å²) in [7, 11) is 4.16. The molecular formula is C28H44N2O4. The maximum atomic E-state index is 13.3. The number of benzene rings is 1. The number of likely N-dealkylation sites (tertiary alicyclic amines) is 2. The molecule has 190 valence electrons. The zero-order valence-corrected chi connectivity index (χ0v) is 22.8. The van der Waals surface area contributed by atoms with E-state index < -0.39 is 11.9 Å². The number of carbonyl (C=O) groups excluding carboxylic acids is 2. The Bertz CT molecular complexity index is 859. The second-order valence-corrected chi connectivity index (χ2v) is 12.5. The van der Waals surface area contributed by atoms with E-state index in [0.717, 1.165) is 25.7 Å². The molecule has 0 aromatic heterocycles. The van der Waals surface area contributed by atoms with E-state index in [1.54, 1.807) is 24.3 Å². The van der Waals surface area contributed by atoms with Crippen LogP contribution in [-0.2, 0) is 9.47 Å². The van der Waals surface area contributed by atoms with Crippen LogP contribution in [0.3, 0.4) is 0 Å². The van der Waals surface area contributed by atoms with Crippen molar-refractivity contribution in [2.75, 3.05) is 14.1 Å². The van der Waals surface area contributed by atoms with Gasteiger partial charge in [0.2, 0.25) is 0 Å². The van der Waals surface area contributed by atoms with E-state index in [0.29, 0.717) is 0 Å². The lowest BCUT2D eigenvalue weighted by atomic mass is 9.78. The fraction of sp³-hybridized carbons (Fsp3) is 0.714. The van der Waals surface area contributed by atoms with Crippen molar-refractivity contribution in [3.63, 3.8) is 0 Å². The first-order valence-electron chi connectivity index (χ1n) is 12.5. The second kappa shape index (κ2) is 8.94. The molecule has 0 spiro atoms. The van der Waals surface area contributed by atoms with E-state index in [2.05, 4.69) is 79.3 Å². The summed E-state index contributed by atoms with van der Waals surface area (Å²) >= 11 is 0. The highest BCUT2D eigenvalue weighted by molar-refractivity contribution is 6.03. The van der Waals surface area contributed by atoms with Gasteiger partial charge in [-0.1, -0.05) is 12.1 Å². The van der Waals surface area contributed by atoms with Crippen LogP contribution in [0.1, 0.15) is 102 Å². The average Bonchev–Trinajstić information content (AvgIpc) is 2.75. The highest BCUT2D eigenvalue weighted by atomic mass is 16.6. The molecule has 0 saturated carbocycles.